The molecule has 0 atom stereocenters. The minimum absolute atomic E-state index is 0.158. The number of ether oxygens (including phenoxy) is 1. The summed E-state index contributed by atoms with van der Waals surface area (Å²) in [6, 6.07) is -0.631. The summed E-state index contributed by atoms with van der Waals surface area (Å²) in [5.41, 5.74) is -2.44. The maximum Gasteiger partial charge on any atom is 0.325 e. The number of carbonyl (C=O) groups is 4. The van der Waals surface area contributed by atoms with E-state index in [1.807, 2.05) is 0 Å². The molecule has 0 aromatic heterocycles. The van der Waals surface area contributed by atoms with Gasteiger partial charge in [0.05, 0.1) is 13.2 Å². The zero-order valence-corrected chi connectivity index (χ0v) is 12.4. The molecule has 0 bridgehead atoms. The zero-order valence-electron chi connectivity index (χ0n) is 12.4. The third-order valence-corrected chi connectivity index (χ3v) is 3.23. The van der Waals surface area contributed by atoms with Gasteiger partial charge in [-0.2, -0.15) is 0 Å². The van der Waals surface area contributed by atoms with Crippen molar-refractivity contribution in [2.45, 2.75) is 40.2 Å². The summed E-state index contributed by atoms with van der Waals surface area (Å²) in [6.45, 7) is 7.28. The van der Waals surface area contributed by atoms with Crippen LogP contribution in [-0.2, 0) is 19.1 Å². The summed E-state index contributed by atoms with van der Waals surface area (Å²) in [5, 5.41) is 2.47. The fraction of sp³-hybridized carbons (Fsp3) is 0.692. The van der Waals surface area contributed by atoms with Crippen LogP contribution in [0.1, 0.15) is 34.6 Å². The number of esters is 1. The molecule has 0 unspecified atom stereocenters. The molecule has 0 aromatic rings. The number of urea groups is 1. The molecule has 112 valence electrons. The lowest BCUT2D eigenvalue weighted by Gasteiger charge is -2.23. The maximum atomic E-state index is 12.2. The number of nitrogens with zero attached hydrogens (tertiary/aromatic N) is 1. The third-order valence-electron chi connectivity index (χ3n) is 3.23. The van der Waals surface area contributed by atoms with E-state index in [1.54, 1.807) is 20.8 Å². The van der Waals surface area contributed by atoms with Crippen molar-refractivity contribution in [3.8, 4) is 0 Å². The first-order chi connectivity index (χ1) is 9.04. The van der Waals surface area contributed by atoms with Gasteiger partial charge in [0.15, 0.2) is 5.78 Å². The van der Waals surface area contributed by atoms with Crippen molar-refractivity contribution in [2.75, 3.05) is 13.2 Å². The van der Waals surface area contributed by atoms with E-state index in [0.717, 1.165) is 4.90 Å². The van der Waals surface area contributed by atoms with E-state index in [-0.39, 0.29) is 6.61 Å². The smallest absolute Gasteiger partial charge is 0.325 e. The maximum absolute atomic E-state index is 12.2. The van der Waals surface area contributed by atoms with Crippen molar-refractivity contribution in [3.63, 3.8) is 0 Å². The number of ketones is 1. The molecular weight excluding hydrogens is 264 g/mol. The molecular formula is C13H20N2O5. The topological polar surface area (TPSA) is 92.8 Å². The van der Waals surface area contributed by atoms with E-state index in [2.05, 4.69) is 5.32 Å². The van der Waals surface area contributed by atoms with E-state index >= 15 is 0 Å². The SMILES string of the molecule is CCOC(=O)C(C)(C)C(=O)CN1C(=O)NC(C)(C)C1=O. The van der Waals surface area contributed by atoms with Crippen molar-refractivity contribution >= 4 is 23.7 Å². The average Bonchev–Trinajstić information content (AvgIpc) is 2.51. The minimum Gasteiger partial charge on any atom is -0.465 e. The standard InChI is InChI=1S/C13H20N2O5/c1-6-20-10(18)12(2,3)8(16)7-15-9(17)13(4,5)14-11(15)19/h6-7H2,1-5H3,(H,14,19). The van der Waals surface area contributed by atoms with E-state index in [4.69, 9.17) is 4.74 Å². The summed E-state index contributed by atoms with van der Waals surface area (Å²) in [7, 11) is 0. The van der Waals surface area contributed by atoms with Crippen LogP contribution in [0.3, 0.4) is 0 Å². The van der Waals surface area contributed by atoms with Gasteiger partial charge in [-0.25, -0.2) is 4.79 Å². The predicted molar refractivity (Wildman–Crippen MR) is 69.7 cm³/mol. The second kappa shape index (κ2) is 5.22. The molecule has 7 heteroatoms. The molecule has 0 spiro atoms. The Bertz CT molecular complexity index is 467. The molecule has 20 heavy (non-hydrogen) atoms. The number of imide groups is 1. The number of carbonyl (C=O) groups excluding carboxylic acids is 4. The third kappa shape index (κ3) is 2.81. The van der Waals surface area contributed by atoms with Crippen molar-refractivity contribution in [3.05, 3.63) is 0 Å². The summed E-state index contributed by atoms with van der Waals surface area (Å²) < 4.78 is 4.82. The fourth-order valence-corrected chi connectivity index (χ4v) is 1.73. The molecule has 0 radical (unpaired) electrons. The summed E-state index contributed by atoms with van der Waals surface area (Å²) in [5.74, 6) is -1.70. The first-order valence-corrected chi connectivity index (χ1v) is 6.38. The molecule has 1 rings (SSSR count). The van der Waals surface area contributed by atoms with Crippen molar-refractivity contribution in [1.82, 2.24) is 10.2 Å². The monoisotopic (exact) mass is 284 g/mol. The molecule has 1 saturated heterocycles. The lowest BCUT2D eigenvalue weighted by atomic mass is 9.87. The lowest BCUT2D eigenvalue weighted by Crippen LogP contribution is -2.45. The highest BCUT2D eigenvalue weighted by Crippen LogP contribution is 2.22. The molecule has 1 N–H and O–H groups in total. The van der Waals surface area contributed by atoms with E-state index < -0.39 is 41.2 Å². The molecule has 0 aromatic carbocycles. The molecule has 1 fully saturated rings. The number of amides is 3. The Balaban J connectivity index is 2.84. The van der Waals surface area contributed by atoms with Crippen LogP contribution in [0.25, 0.3) is 0 Å². The molecule has 1 aliphatic heterocycles. The fourth-order valence-electron chi connectivity index (χ4n) is 1.73. The molecule has 7 nitrogen and oxygen atoms in total. The molecule has 0 saturated carbocycles. The van der Waals surface area contributed by atoms with E-state index in [1.165, 1.54) is 13.8 Å². The van der Waals surface area contributed by atoms with Crippen molar-refractivity contribution < 1.29 is 23.9 Å². The van der Waals surface area contributed by atoms with E-state index in [9.17, 15) is 19.2 Å². The van der Waals surface area contributed by atoms with Gasteiger partial charge in [0.2, 0.25) is 0 Å². The van der Waals surface area contributed by atoms with Crippen LogP contribution in [-0.4, -0.2) is 47.3 Å². The Hall–Kier alpha value is -1.92. The molecule has 0 aliphatic carbocycles. The van der Waals surface area contributed by atoms with Crippen LogP contribution in [0.5, 0.6) is 0 Å². The normalized spacial score (nSPS) is 17.9. The van der Waals surface area contributed by atoms with Gasteiger partial charge in [0.1, 0.15) is 11.0 Å². The number of rotatable bonds is 5. The van der Waals surface area contributed by atoms with Crippen LogP contribution < -0.4 is 5.32 Å². The van der Waals surface area contributed by atoms with Crippen molar-refractivity contribution in [2.24, 2.45) is 5.41 Å². The average molecular weight is 284 g/mol. The minimum atomic E-state index is -1.40. The second-order valence-corrected chi connectivity index (χ2v) is 5.72. The highest BCUT2D eigenvalue weighted by Gasteiger charge is 2.47. The van der Waals surface area contributed by atoms with Crippen LogP contribution in [0.4, 0.5) is 4.79 Å². The summed E-state index contributed by atoms with van der Waals surface area (Å²) in [6.07, 6.45) is 0. The summed E-state index contributed by atoms with van der Waals surface area (Å²) in [4.78, 5) is 48.4. The highest BCUT2D eigenvalue weighted by atomic mass is 16.5. The van der Waals surface area contributed by atoms with E-state index in [0.29, 0.717) is 0 Å². The Morgan fingerprint density at radius 2 is 1.85 bits per heavy atom. The Labute approximate surface area is 117 Å². The van der Waals surface area contributed by atoms with Gasteiger partial charge in [-0.05, 0) is 34.6 Å². The summed E-state index contributed by atoms with van der Waals surface area (Å²) >= 11 is 0. The largest absolute Gasteiger partial charge is 0.465 e. The zero-order chi connectivity index (χ0) is 15.7. The quantitative estimate of drug-likeness (QED) is 0.450. The molecule has 3 amide bonds. The van der Waals surface area contributed by atoms with Crippen LogP contribution in [0, 0.1) is 5.41 Å². The van der Waals surface area contributed by atoms with Gasteiger partial charge in [-0.3, -0.25) is 19.3 Å². The van der Waals surface area contributed by atoms with Crippen LogP contribution in [0.15, 0.2) is 0 Å². The van der Waals surface area contributed by atoms with Gasteiger partial charge < -0.3 is 10.1 Å². The highest BCUT2D eigenvalue weighted by molar-refractivity contribution is 6.11. The van der Waals surface area contributed by atoms with Gasteiger partial charge in [0.25, 0.3) is 5.91 Å². The first-order valence-electron chi connectivity index (χ1n) is 6.38. The number of hydrogen-bond acceptors (Lipinski definition) is 5. The van der Waals surface area contributed by atoms with Crippen LogP contribution in [0.2, 0.25) is 0 Å². The van der Waals surface area contributed by atoms with Crippen molar-refractivity contribution in [1.29, 1.82) is 0 Å². The van der Waals surface area contributed by atoms with Crippen LogP contribution >= 0.6 is 0 Å². The molecule has 1 aliphatic rings. The van der Waals surface area contributed by atoms with Gasteiger partial charge in [-0.15, -0.1) is 0 Å². The molecule has 1 heterocycles. The number of Topliss-reactive ketones (excluding diaryl/α,β-unsaturated/α-hetero) is 1. The Morgan fingerprint density at radius 3 is 2.25 bits per heavy atom. The van der Waals surface area contributed by atoms with Gasteiger partial charge in [0, 0.05) is 0 Å². The van der Waals surface area contributed by atoms with Gasteiger partial charge in [-0.1, -0.05) is 0 Å². The Morgan fingerprint density at radius 1 is 1.30 bits per heavy atom. The Kier molecular flexibility index (Phi) is 4.21. The predicted octanol–water partition coefficient (Wildman–Crippen LogP) is 0.475. The number of nitrogens with one attached hydrogen (secondary N) is 1. The number of hydrogen-bond donors (Lipinski definition) is 1. The lowest BCUT2D eigenvalue weighted by molar-refractivity contribution is -0.158. The first kappa shape index (κ1) is 16.1. The van der Waals surface area contributed by atoms with Gasteiger partial charge >= 0.3 is 12.0 Å². The second-order valence-electron chi connectivity index (χ2n) is 5.72.